The average Bonchev–Trinajstić information content (AvgIpc) is 2.61. The molecule has 0 bridgehead atoms. The molecule has 92 valence electrons. The Hall–Kier alpha value is -0.170. The minimum absolute atomic E-state index is 0.0395. The molecule has 0 fully saturated rings. The minimum atomic E-state index is -3.24. The van der Waals surface area contributed by atoms with E-state index in [0.717, 1.165) is 9.88 Å². The lowest BCUT2D eigenvalue weighted by atomic mass is 10.3. The Morgan fingerprint density at radius 3 is 2.81 bits per heavy atom. The summed E-state index contributed by atoms with van der Waals surface area (Å²) in [6.45, 7) is 4.00. The van der Waals surface area contributed by atoms with Crippen LogP contribution in [0.3, 0.4) is 0 Å². The number of aromatic nitrogens is 1. The van der Waals surface area contributed by atoms with Crippen LogP contribution < -0.4 is 4.72 Å². The van der Waals surface area contributed by atoms with Crippen LogP contribution in [-0.4, -0.2) is 25.0 Å². The van der Waals surface area contributed by atoms with E-state index in [1.54, 1.807) is 6.20 Å². The van der Waals surface area contributed by atoms with Gasteiger partial charge in [-0.3, -0.25) is 0 Å². The number of aryl methyl sites for hydroxylation is 1. The normalized spacial score (nSPS) is 13.9. The van der Waals surface area contributed by atoms with Crippen molar-refractivity contribution < 1.29 is 8.42 Å². The molecule has 1 rings (SSSR count). The van der Waals surface area contributed by atoms with Gasteiger partial charge in [0.05, 0.1) is 10.8 Å². The molecule has 0 aromatic carbocycles. The smallest absolute Gasteiger partial charge is 0.212 e. The second kappa shape index (κ2) is 5.95. The fraction of sp³-hybridized carbons (Fsp3) is 0.667. The van der Waals surface area contributed by atoms with Crippen LogP contribution in [0.15, 0.2) is 6.20 Å². The highest BCUT2D eigenvalue weighted by atomic mass is 35.5. The third kappa shape index (κ3) is 4.78. The van der Waals surface area contributed by atoms with E-state index in [0.29, 0.717) is 12.4 Å². The molecule has 7 heteroatoms. The molecule has 0 spiro atoms. The van der Waals surface area contributed by atoms with E-state index in [4.69, 9.17) is 11.6 Å². The van der Waals surface area contributed by atoms with Crippen molar-refractivity contribution in [2.75, 3.05) is 11.6 Å². The monoisotopic (exact) mass is 282 g/mol. The predicted octanol–water partition coefficient (Wildman–Crippen LogP) is 1.75. The number of hydrogen-bond donors (Lipinski definition) is 1. The van der Waals surface area contributed by atoms with E-state index >= 15 is 0 Å². The third-order valence-electron chi connectivity index (χ3n) is 1.90. The number of thiazole rings is 1. The Morgan fingerprint density at radius 2 is 2.31 bits per heavy atom. The molecule has 1 atom stereocenters. The molecule has 0 saturated heterocycles. The van der Waals surface area contributed by atoms with Gasteiger partial charge in [0.2, 0.25) is 10.0 Å². The van der Waals surface area contributed by atoms with E-state index < -0.39 is 10.0 Å². The number of rotatable bonds is 6. The Kier molecular flexibility index (Phi) is 5.17. The molecule has 16 heavy (non-hydrogen) atoms. The Morgan fingerprint density at radius 1 is 1.62 bits per heavy atom. The lowest BCUT2D eigenvalue weighted by Gasteiger charge is -2.08. The van der Waals surface area contributed by atoms with Crippen LogP contribution in [0.2, 0.25) is 0 Å². The van der Waals surface area contributed by atoms with Gasteiger partial charge in [0.15, 0.2) is 0 Å². The summed E-state index contributed by atoms with van der Waals surface area (Å²) in [4.78, 5) is 4.97. The summed E-state index contributed by atoms with van der Waals surface area (Å²) in [7, 11) is -3.24. The van der Waals surface area contributed by atoms with Crippen LogP contribution in [0.5, 0.6) is 0 Å². The molecule has 1 heterocycles. The quantitative estimate of drug-likeness (QED) is 0.809. The second-order valence-corrected chi connectivity index (χ2v) is 7.19. The van der Waals surface area contributed by atoms with E-state index in [2.05, 4.69) is 9.71 Å². The summed E-state index contributed by atoms with van der Waals surface area (Å²) in [5.74, 6) is 0.372. The second-order valence-electron chi connectivity index (χ2n) is 3.71. The lowest BCUT2D eigenvalue weighted by molar-refractivity contribution is 0.569. The fourth-order valence-electron chi connectivity index (χ4n) is 1.15. The maximum Gasteiger partial charge on any atom is 0.212 e. The van der Waals surface area contributed by atoms with Gasteiger partial charge in [0, 0.05) is 23.5 Å². The maximum atomic E-state index is 11.6. The van der Waals surface area contributed by atoms with Gasteiger partial charge in [-0.2, -0.15) is 0 Å². The van der Waals surface area contributed by atoms with Crippen LogP contribution in [0.25, 0.3) is 0 Å². The maximum absolute atomic E-state index is 11.6. The lowest BCUT2D eigenvalue weighted by Crippen LogP contribution is -2.29. The van der Waals surface area contributed by atoms with Crippen molar-refractivity contribution in [1.82, 2.24) is 9.71 Å². The molecule has 0 aliphatic rings. The van der Waals surface area contributed by atoms with Crippen LogP contribution in [-0.2, 0) is 16.6 Å². The Labute approximate surface area is 105 Å². The highest BCUT2D eigenvalue weighted by Crippen LogP contribution is 2.11. The molecule has 0 saturated carbocycles. The van der Waals surface area contributed by atoms with Crippen LogP contribution in [0.4, 0.5) is 0 Å². The Balaban J connectivity index is 2.48. The average molecular weight is 283 g/mol. The van der Waals surface area contributed by atoms with Gasteiger partial charge in [-0.1, -0.05) is 6.92 Å². The van der Waals surface area contributed by atoms with E-state index in [9.17, 15) is 8.42 Å². The van der Waals surface area contributed by atoms with Crippen molar-refractivity contribution >= 4 is 33.0 Å². The molecule has 0 aliphatic carbocycles. The minimum Gasteiger partial charge on any atom is -0.250 e. The zero-order chi connectivity index (χ0) is 12.2. The van der Waals surface area contributed by atoms with Crippen LogP contribution >= 0.6 is 22.9 Å². The number of hydrogen-bond acceptors (Lipinski definition) is 4. The van der Waals surface area contributed by atoms with Gasteiger partial charge in [0.25, 0.3) is 0 Å². The largest absolute Gasteiger partial charge is 0.250 e. The highest BCUT2D eigenvalue weighted by molar-refractivity contribution is 7.89. The Bertz CT molecular complexity index is 430. The number of nitrogens with one attached hydrogen (secondary N) is 1. The van der Waals surface area contributed by atoms with E-state index in [1.807, 2.05) is 13.8 Å². The van der Waals surface area contributed by atoms with Gasteiger partial charge >= 0.3 is 0 Å². The molecular formula is C9H15ClN2O2S2. The van der Waals surface area contributed by atoms with Crippen molar-refractivity contribution in [2.24, 2.45) is 5.92 Å². The van der Waals surface area contributed by atoms with Gasteiger partial charge in [-0.25, -0.2) is 18.1 Å². The molecular weight excluding hydrogens is 268 g/mol. The van der Waals surface area contributed by atoms with E-state index in [-0.39, 0.29) is 11.7 Å². The molecule has 0 aliphatic heterocycles. The van der Waals surface area contributed by atoms with Crippen molar-refractivity contribution in [3.63, 3.8) is 0 Å². The third-order valence-corrected chi connectivity index (χ3v) is 4.93. The zero-order valence-electron chi connectivity index (χ0n) is 9.23. The van der Waals surface area contributed by atoms with Gasteiger partial charge in [-0.05, 0) is 12.8 Å². The summed E-state index contributed by atoms with van der Waals surface area (Å²) in [5, 5.41) is 0.934. The predicted molar refractivity (Wildman–Crippen MR) is 67.4 cm³/mol. The highest BCUT2D eigenvalue weighted by Gasteiger charge is 2.14. The number of halogens is 1. The number of nitrogens with zero attached hydrogens (tertiary/aromatic N) is 1. The molecule has 0 radical (unpaired) electrons. The van der Waals surface area contributed by atoms with Gasteiger partial charge in [-0.15, -0.1) is 22.9 Å². The van der Waals surface area contributed by atoms with Gasteiger partial charge in [0.1, 0.15) is 0 Å². The number of sulfonamides is 1. The summed E-state index contributed by atoms with van der Waals surface area (Å²) in [5.41, 5.74) is 0. The molecule has 1 N–H and O–H groups in total. The zero-order valence-corrected chi connectivity index (χ0v) is 11.6. The first-order chi connectivity index (χ1) is 7.43. The first-order valence-corrected chi connectivity index (χ1v) is 7.88. The topological polar surface area (TPSA) is 59.1 Å². The molecule has 4 nitrogen and oxygen atoms in total. The molecule has 1 unspecified atom stereocenters. The van der Waals surface area contributed by atoms with Crippen molar-refractivity contribution in [1.29, 1.82) is 0 Å². The standard InChI is InChI=1S/C9H15ClN2O2S2/c1-7(3-10)6-16(13,14)12-5-9-4-11-8(2)15-9/h4,7,12H,3,5-6H2,1-2H3. The summed E-state index contributed by atoms with van der Waals surface area (Å²) in [6.07, 6.45) is 1.69. The van der Waals surface area contributed by atoms with Crippen molar-refractivity contribution in [3.8, 4) is 0 Å². The molecule has 1 aromatic rings. The fourth-order valence-corrected chi connectivity index (χ4v) is 3.57. The van der Waals surface area contributed by atoms with Crippen LogP contribution in [0.1, 0.15) is 16.8 Å². The summed E-state index contributed by atoms with van der Waals surface area (Å²) in [6, 6.07) is 0. The van der Waals surface area contributed by atoms with Crippen LogP contribution in [0, 0.1) is 12.8 Å². The van der Waals surface area contributed by atoms with Crippen molar-refractivity contribution in [3.05, 3.63) is 16.1 Å². The molecule has 0 amide bonds. The van der Waals surface area contributed by atoms with Crippen molar-refractivity contribution in [2.45, 2.75) is 20.4 Å². The first-order valence-electron chi connectivity index (χ1n) is 4.87. The first kappa shape index (κ1) is 13.9. The van der Waals surface area contributed by atoms with Gasteiger partial charge < -0.3 is 0 Å². The molecule has 1 aromatic heterocycles. The summed E-state index contributed by atoms with van der Waals surface area (Å²) >= 11 is 7.07. The SMILES string of the molecule is Cc1ncc(CNS(=O)(=O)CC(C)CCl)s1. The number of alkyl halides is 1. The summed E-state index contributed by atoms with van der Waals surface area (Å²) < 4.78 is 25.7. The van der Waals surface area contributed by atoms with E-state index in [1.165, 1.54) is 11.3 Å².